The quantitative estimate of drug-likeness (QED) is 0.0664. The molecule has 0 spiro atoms. The second-order valence-electron chi connectivity index (χ2n) is 7.82. The number of nitrogens with two attached hydrogens (primary N) is 3. The van der Waals surface area contributed by atoms with Crippen molar-refractivity contribution in [1.29, 1.82) is 0 Å². The number of carboxylic acids is 1. The van der Waals surface area contributed by atoms with Crippen LogP contribution in [0.1, 0.15) is 31.9 Å². The first-order valence-electron chi connectivity index (χ1n) is 11.0. The summed E-state index contributed by atoms with van der Waals surface area (Å²) in [5.74, 6) is -2.58. The maximum atomic E-state index is 13.0. The number of imidazole rings is 1. The summed E-state index contributed by atoms with van der Waals surface area (Å²) in [5.41, 5.74) is 16.7. The summed E-state index contributed by atoms with van der Waals surface area (Å²) < 4.78 is 0. The third-order valence-electron chi connectivity index (χ3n) is 4.83. The zero-order valence-corrected chi connectivity index (χ0v) is 20.6. The van der Waals surface area contributed by atoms with E-state index in [-0.39, 0.29) is 25.3 Å². The van der Waals surface area contributed by atoms with Gasteiger partial charge in [0.05, 0.1) is 12.4 Å². The van der Waals surface area contributed by atoms with Crippen molar-refractivity contribution >= 4 is 41.4 Å². The number of thioether (sulfide) groups is 1. The number of amides is 3. The van der Waals surface area contributed by atoms with Gasteiger partial charge in [-0.3, -0.25) is 19.4 Å². The van der Waals surface area contributed by atoms with Gasteiger partial charge in [-0.1, -0.05) is 0 Å². The van der Waals surface area contributed by atoms with E-state index in [4.69, 9.17) is 17.2 Å². The van der Waals surface area contributed by atoms with Gasteiger partial charge in [-0.25, -0.2) is 9.78 Å². The molecule has 0 saturated carbocycles. The Labute approximate surface area is 207 Å². The monoisotopic (exact) mass is 513 g/mol. The Hall–Kier alpha value is -3.33. The Balaban J connectivity index is 2.98. The summed E-state index contributed by atoms with van der Waals surface area (Å²) >= 11 is 1.49. The second kappa shape index (κ2) is 15.5. The number of nitrogens with one attached hydrogen (secondary N) is 4. The number of carbonyl (C=O) groups is 4. The van der Waals surface area contributed by atoms with E-state index < -0.39 is 47.9 Å². The number of aromatic nitrogens is 2. The fraction of sp³-hybridized carbons (Fsp3) is 0.600. The Morgan fingerprint density at radius 2 is 1.71 bits per heavy atom. The van der Waals surface area contributed by atoms with Crippen LogP contribution in [0, 0.1) is 0 Å². The SMILES string of the molecule is CSCCC(NC(=O)C(C)N)C(=O)NC(Cc1cnc[nH]1)C(=O)NC(CCCN=C(N)N)C(=O)O. The molecule has 1 aromatic rings. The van der Waals surface area contributed by atoms with Crippen molar-refractivity contribution < 1.29 is 24.3 Å². The van der Waals surface area contributed by atoms with Crippen LogP contribution in [0.25, 0.3) is 0 Å². The van der Waals surface area contributed by atoms with Crippen LogP contribution >= 0.6 is 11.8 Å². The van der Waals surface area contributed by atoms with Crippen molar-refractivity contribution in [3.63, 3.8) is 0 Å². The number of rotatable bonds is 16. The number of nitrogens with zero attached hydrogens (tertiary/aromatic N) is 2. The van der Waals surface area contributed by atoms with E-state index in [9.17, 15) is 24.3 Å². The van der Waals surface area contributed by atoms with Crippen LogP contribution in [0.2, 0.25) is 0 Å². The zero-order chi connectivity index (χ0) is 26.4. The van der Waals surface area contributed by atoms with Crippen molar-refractivity contribution in [2.75, 3.05) is 18.6 Å². The number of aromatic amines is 1. The lowest BCUT2D eigenvalue weighted by Gasteiger charge is -2.24. The lowest BCUT2D eigenvalue weighted by atomic mass is 10.1. The largest absolute Gasteiger partial charge is 0.480 e. The fourth-order valence-electron chi connectivity index (χ4n) is 2.94. The van der Waals surface area contributed by atoms with Crippen LogP contribution in [-0.2, 0) is 25.6 Å². The smallest absolute Gasteiger partial charge is 0.326 e. The highest BCUT2D eigenvalue weighted by molar-refractivity contribution is 7.98. The van der Waals surface area contributed by atoms with E-state index in [1.165, 1.54) is 31.2 Å². The van der Waals surface area contributed by atoms with E-state index in [1.54, 1.807) is 0 Å². The van der Waals surface area contributed by atoms with Gasteiger partial charge in [-0.15, -0.1) is 0 Å². The summed E-state index contributed by atoms with van der Waals surface area (Å²) in [6.45, 7) is 1.69. The van der Waals surface area contributed by atoms with Gasteiger partial charge < -0.3 is 43.2 Å². The fourth-order valence-corrected chi connectivity index (χ4v) is 3.41. The minimum atomic E-state index is -1.24. The highest BCUT2D eigenvalue weighted by Gasteiger charge is 2.30. The van der Waals surface area contributed by atoms with Crippen LogP contribution < -0.4 is 33.2 Å². The number of carboxylic acid groups (broad SMARTS) is 1. The number of H-pyrrole nitrogens is 1. The minimum Gasteiger partial charge on any atom is -0.480 e. The van der Waals surface area contributed by atoms with Crippen molar-refractivity contribution in [3.05, 3.63) is 18.2 Å². The molecule has 1 heterocycles. The summed E-state index contributed by atoms with van der Waals surface area (Å²) in [5, 5.41) is 17.2. The zero-order valence-electron chi connectivity index (χ0n) is 19.8. The number of hydrogen-bond acceptors (Lipinski definition) is 8. The molecule has 35 heavy (non-hydrogen) atoms. The molecular formula is C20H35N9O5S. The van der Waals surface area contributed by atoms with Crippen LogP contribution in [0.5, 0.6) is 0 Å². The van der Waals surface area contributed by atoms with Gasteiger partial charge in [0.2, 0.25) is 17.7 Å². The van der Waals surface area contributed by atoms with Gasteiger partial charge in [0.15, 0.2) is 5.96 Å². The molecule has 1 aromatic heterocycles. The van der Waals surface area contributed by atoms with Gasteiger partial charge in [0, 0.05) is 24.9 Å². The molecule has 0 aliphatic carbocycles. The molecule has 0 saturated heterocycles. The number of aliphatic carboxylic acids is 1. The second-order valence-corrected chi connectivity index (χ2v) is 8.81. The van der Waals surface area contributed by atoms with Crippen molar-refractivity contribution in [2.45, 2.75) is 56.8 Å². The molecule has 1 rings (SSSR count). The average Bonchev–Trinajstić information content (AvgIpc) is 3.30. The molecule has 4 unspecified atom stereocenters. The van der Waals surface area contributed by atoms with Gasteiger partial charge in [0.25, 0.3) is 0 Å². The Morgan fingerprint density at radius 3 is 2.26 bits per heavy atom. The number of aliphatic imine (C=N–C) groups is 1. The lowest BCUT2D eigenvalue weighted by Crippen LogP contribution is -2.57. The Kier molecular flexibility index (Phi) is 13.2. The molecule has 3 amide bonds. The molecule has 0 aliphatic heterocycles. The molecule has 15 heteroatoms. The predicted octanol–water partition coefficient (Wildman–Crippen LogP) is -2.35. The molecule has 14 nitrogen and oxygen atoms in total. The molecule has 4 atom stereocenters. The topological polar surface area (TPSA) is 244 Å². The maximum Gasteiger partial charge on any atom is 0.326 e. The third kappa shape index (κ3) is 11.6. The van der Waals surface area contributed by atoms with Gasteiger partial charge >= 0.3 is 5.97 Å². The molecule has 0 aromatic carbocycles. The van der Waals surface area contributed by atoms with Crippen LogP contribution in [0.3, 0.4) is 0 Å². The van der Waals surface area contributed by atoms with Crippen molar-refractivity contribution in [3.8, 4) is 0 Å². The van der Waals surface area contributed by atoms with Gasteiger partial charge in [-0.2, -0.15) is 11.8 Å². The molecule has 0 bridgehead atoms. The first kappa shape index (κ1) is 29.7. The van der Waals surface area contributed by atoms with E-state index in [0.717, 1.165) is 0 Å². The Bertz CT molecular complexity index is 859. The van der Waals surface area contributed by atoms with Crippen molar-refractivity contribution in [1.82, 2.24) is 25.9 Å². The molecule has 11 N–H and O–H groups in total. The van der Waals surface area contributed by atoms with Crippen LogP contribution in [0.4, 0.5) is 0 Å². The third-order valence-corrected chi connectivity index (χ3v) is 5.47. The summed E-state index contributed by atoms with van der Waals surface area (Å²) in [6.07, 6.45) is 5.48. The number of carbonyl (C=O) groups excluding carboxylic acids is 3. The standard InChI is InChI=1S/C20H35N9O5S/c1-11(21)16(30)27-13(5-7-35-2)17(31)29-15(8-12-9-24-10-26-12)18(32)28-14(19(33)34)4-3-6-25-20(22)23/h9-11,13-15H,3-8,21H2,1-2H3,(H,24,26)(H,27,30)(H,28,32)(H,29,31)(H,33,34)(H4,22,23,25). The summed E-state index contributed by atoms with van der Waals surface area (Å²) in [4.78, 5) is 60.3. The molecular weight excluding hydrogens is 478 g/mol. The van der Waals surface area contributed by atoms with Gasteiger partial charge in [0.1, 0.15) is 18.1 Å². The molecule has 0 aliphatic rings. The Morgan fingerprint density at radius 1 is 1.09 bits per heavy atom. The number of hydrogen-bond donors (Lipinski definition) is 8. The first-order valence-corrected chi connectivity index (χ1v) is 12.4. The van der Waals surface area contributed by atoms with Crippen LogP contribution in [-0.4, -0.2) is 87.4 Å². The van der Waals surface area contributed by atoms with Gasteiger partial charge in [-0.05, 0) is 38.2 Å². The molecule has 0 fully saturated rings. The summed E-state index contributed by atoms with van der Waals surface area (Å²) in [6, 6.07) is -4.10. The van der Waals surface area contributed by atoms with E-state index in [1.807, 2.05) is 6.26 Å². The average molecular weight is 514 g/mol. The van der Waals surface area contributed by atoms with E-state index >= 15 is 0 Å². The van der Waals surface area contributed by atoms with Crippen molar-refractivity contribution in [2.24, 2.45) is 22.2 Å². The van der Waals surface area contributed by atoms with E-state index in [0.29, 0.717) is 24.3 Å². The maximum absolute atomic E-state index is 13.0. The molecule has 196 valence electrons. The first-order chi connectivity index (χ1) is 16.5. The van der Waals surface area contributed by atoms with E-state index in [2.05, 4.69) is 30.9 Å². The highest BCUT2D eigenvalue weighted by Crippen LogP contribution is 2.06. The normalized spacial score (nSPS) is 14.1. The number of guanidine groups is 1. The van der Waals surface area contributed by atoms with Crippen LogP contribution in [0.15, 0.2) is 17.5 Å². The highest BCUT2D eigenvalue weighted by atomic mass is 32.2. The predicted molar refractivity (Wildman–Crippen MR) is 132 cm³/mol. The minimum absolute atomic E-state index is 0.0222. The molecule has 0 radical (unpaired) electrons. The lowest BCUT2D eigenvalue weighted by molar-refractivity contribution is -0.142. The summed E-state index contributed by atoms with van der Waals surface area (Å²) in [7, 11) is 0.